The standard InChI is InChI=1S/C7H2Br2F2N2/c8-4-1-3(2-12)5(7(10)11)6(9)13-4/h1,7H. The second-order valence-corrected chi connectivity index (χ2v) is 3.67. The van der Waals surface area contributed by atoms with Crippen molar-refractivity contribution >= 4 is 31.9 Å². The van der Waals surface area contributed by atoms with Crippen LogP contribution < -0.4 is 0 Å². The number of rotatable bonds is 1. The molecule has 13 heavy (non-hydrogen) atoms. The minimum absolute atomic E-state index is 0.00609. The maximum Gasteiger partial charge on any atom is 0.267 e. The van der Waals surface area contributed by atoms with Crippen LogP contribution in [0.4, 0.5) is 8.78 Å². The average Bonchev–Trinajstić information content (AvgIpc) is 2.01. The van der Waals surface area contributed by atoms with Gasteiger partial charge in [0.05, 0.1) is 17.2 Å². The molecule has 0 amide bonds. The molecule has 1 heterocycles. The summed E-state index contributed by atoms with van der Waals surface area (Å²) in [7, 11) is 0. The molecule has 0 aliphatic carbocycles. The number of nitriles is 1. The summed E-state index contributed by atoms with van der Waals surface area (Å²) < 4.78 is 25.1. The number of hydrogen-bond acceptors (Lipinski definition) is 2. The van der Waals surface area contributed by atoms with Crippen LogP contribution in [0.1, 0.15) is 17.6 Å². The van der Waals surface area contributed by atoms with Crippen LogP contribution in [0.15, 0.2) is 15.3 Å². The van der Waals surface area contributed by atoms with E-state index in [0.29, 0.717) is 4.60 Å². The molecule has 0 aliphatic heterocycles. The molecule has 6 heteroatoms. The molecule has 2 nitrogen and oxygen atoms in total. The third-order valence-corrected chi connectivity index (χ3v) is 2.33. The van der Waals surface area contributed by atoms with E-state index in [0.717, 1.165) is 0 Å². The lowest BCUT2D eigenvalue weighted by atomic mass is 10.2. The van der Waals surface area contributed by atoms with Crippen molar-refractivity contribution in [2.45, 2.75) is 6.43 Å². The fourth-order valence-electron chi connectivity index (χ4n) is 0.794. The first-order valence-electron chi connectivity index (χ1n) is 3.10. The van der Waals surface area contributed by atoms with E-state index in [1.165, 1.54) is 6.07 Å². The van der Waals surface area contributed by atoms with Gasteiger partial charge in [0.2, 0.25) is 0 Å². The molecule has 0 bridgehead atoms. The Hall–Kier alpha value is -0.540. The zero-order chi connectivity index (χ0) is 10.0. The second-order valence-electron chi connectivity index (χ2n) is 2.11. The lowest BCUT2D eigenvalue weighted by Gasteiger charge is -2.04. The highest BCUT2D eigenvalue weighted by Gasteiger charge is 2.18. The second kappa shape index (κ2) is 4.11. The summed E-state index contributed by atoms with van der Waals surface area (Å²) in [6.07, 6.45) is -2.70. The number of nitrogens with zero attached hydrogens (tertiary/aromatic N) is 2. The minimum Gasteiger partial charge on any atom is -0.233 e. The molecule has 0 aliphatic rings. The summed E-state index contributed by atoms with van der Waals surface area (Å²) in [5.41, 5.74) is -0.450. The van der Waals surface area contributed by atoms with Crippen molar-refractivity contribution in [2.24, 2.45) is 0 Å². The van der Waals surface area contributed by atoms with Gasteiger partial charge in [0.1, 0.15) is 9.21 Å². The van der Waals surface area contributed by atoms with E-state index in [-0.39, 0.29) is 15.7 Å². The topological polar surface area (TPSA) is 36.7 Å². The molecular formula is C7H2Br2F2N2. The first-order valence-corrected chi connectivity index (χ1v) is 4.69. The smallest absolute Gasteiger partial charge is 0.233 e. The van der Waals surface area contributed by atoms with Gasteiger partial charge in [-0.1, -0.05) is 0 Å². The third-order valence-electron chi connectivity index (χ3n) is 1.32. The highest BCUT2D eigenvalue weighted by molar-refractivity contribution is 9.11. The van der Waals surface area contributed by atoms with E-state index < -0.39 is 6.43 Å². The van der Waals surface area contributed by atoms with Crippen LogP contribution in [0.3, 0.4) is 0 Å². The summed E-state index contributed by atoms with van der Waals surface area (Å²) in [5.74, 6) is 0. The van der Waals surface area contributed by atoms with Gasteiger partial charge in [0.25, 0.3) is 6.43 Å². The van der Waals surface area contributed by atoms with Crippen LogP contribution >= 0.6 is 31.9 Å². The van der Waals surface area contributed by atoms with Crippen molar-refractivity contribution in [3.63, 3.8) is 0 Å². The number of hydrogen-bond donors (Lipinski definition) is 0. The quantitative estimate of drug-likeness (QED) is 0.745. The normalized spacial score (nSPS) is 10.2. The van der Waals surface area contributed by atoms with Crippen molar-refractivity contribution in [3.8, 4) is 6.07 Å². The highest BCUT2D eigenvalue weighted by Crippen LogP contribution is 2.30. The zero-order valence-electron chi connectivity index (χ0n) is 6.06. The summed E-state index contributed by atoms with van der Waals surface area (Å²) >= 11 is 5.87. The van der Waals surface area contributed by atoms with Gasteiger partial charge in [0, 0.05) is 0 Å². The average molecular weight is 312 g/mol. The molecule has 1 rings (SSSR count). The van der Waals surface area contributed by atoms with Crippen molar-refractivity contribution in [2.75, 3.05) is 0 Å². The third kappa shape index (κ3) is 2.23. The molecule has 1 aromatic rings. The molecule has 0 aromatic carbocycles. The van der Waals surface area contributed by atoms with Crippen molar-refractivity contribution < 1.29 is 8.78 Å². The highest BCUT2D eigenvalue weighted by atomic mass is 79.9. The summed E-state index contributed by atoms with van der Waals surface area (Å²) in [6, 6.07) is 2.93. The van der Waals surface area contributed by atoms with Gasteiger partial charge in [0.15, 0.2) is 0 Å². The minimum atomic E-state index is -2.70. The molecule has 0 saturated heterocycles. The van der Waals surface area contributed by atoms with Crippen LogP contribution in [0, 0.1) is 11.3 Å². The predicted molar refractivity (Wildman–Crippen MR) is 49.3 cm³/mol. The Morgan fingerprint density at radius 2 is 2.08 bits per heavy atom. The number of halogens is 4. The maximum absolute atomic E-state index is 12.4. The maximum atomic E-state index is 12.4. The largest absolute Gasteiger partial charge is 0.267 e. The fourth-order valence-corrected chi connectivity index (χ4v) is 2.02. The van der Waals surface area contributed by atoms with Crippen LogP contribution in [0.25, 0.3) is 0 Å². The lowest BCUT2D eigenvalue weighted by Crippen LogP contribution is -1.95. The van der Waals surface area contributed by atoms with Gasteiger partial charge in [-0.15, -0.1) is 0 Å². The Kier molecular flexibility index (Phi) is 3.33. The molecule has 0 fully saturated rings. The zero-order valence-corrected chi connectivity index (χ0v) is 9.23. The van der Waals surface area contributed by atoms with E-state index in [2.05, 4.69) is 36.8 Å². The van der Waals surface area contributed by atoms with E-state index in [1.54, 1.807) is 6.07 Å². The Morgan fingerprint density at radius 1 is 1.46 bits per heavy atom. The molecule has 1 aromatic heterocycles. The number of alkyl halides is 2. The molecule has 0 unspecified atom stereocenters. The van der Waals surface area contributed by atoms with Crippen molar-refractivity contribution in [3.05, 3.63) is 26.4 Å². The Balaban J connectivity index is 3.41. The molecule has 0 atom stereocenters. The Morgan fingerprint density at radius 3 is 2.54 bits per heavy atom. The molecule has 0 spiro atoms. The van der Waals surface area contributed by atoms with Gasteiger partial charge in [-0.25, -0.2) is 13.8 Å². The number of pyridine rings is 1. The van der Waals surface area contributed by atoms with Gasteiger partial charge in [-0.2, -0.15) is 5.26 Å². The first-order chi connectivity index (χ1) is 6.06. The first kappa shape index (κ1) is 10.5. The van der Waals surface area contributed by atoms with Crippen LogP contribution in [-0.2, 0) is 0 Å². The fraction of sp³-hybridized carbons (Fsp3) is 0.143. The Labute approximate surface area is 89.8 Å². The van der Waals surface area contributed by atoms with Gasteiger partial charge in [-0.3, -0.25) is 0 Å². The van der Waals surface area contributed by atoms with Gasteiger partial charge < -0.3 is 0 Å². The summed E-state index contributed by atoms with van der Waals surface area (Å²) in [6.45, 7) is 0. The lowest BCUT2D eigenvalue weighted by molar-refractivity contribution is 0.149. The van der Waals surface area contributed by atoms with Gasteiger partial charge in [-0.05, 0) is 37.9 Å². The number of aromatic nitrogens is 1. The predicted octanol–water partition coefficient (Wildman–Crippen LogP) is 3.42. The van der Waals surface area contributed by atoms with Crippen LogP contribution in [-0.4, -0.2) is 4.98 Å². The van der Waals surface area contributed by atoms with E-state index >= 15 is 0 Å². The van der Waals surface area contributed by atoms with E-state index in [4.69, 9.17) is 5.26 Å². The van der Waals surface area contributed by atoms with E-state index in [9.17, 15) is 8.78 Å². The van der Waals surface area contributed by atoms with Crippen molar-refractivity contribution in [1.29, 1.82) is 5.26 Å². The molecule has 0 radical (unpaired) electrons. The molecule has 0 N–H and O–H groups in total. The summed E-state index contributed by atoms with van der Waals surface area (Å²) in [4.78, 5) is 3.71. The molecular weight excluding hydrogens is 310 g/mol. The molecule has 0 saturated carbocycles. The Bertz CT molecular complexity index is 373. The van der Waals surface area contributed by atoms with Crippen LogP contribution in [0.2, 0.25) is 0 Å². The van der Waals surface area contributed by atoms with E-state index in [1.807, 2.05) is 0 Å². The summed E-state index contributed by atoms with van der Waals surface area (Å²) in [5, 5.41) is 8.56. The van der Waals surface area contributed by atoms with Crippen LogP contribution in [0.5, 0.6) is 0 Å². The van der Waals surface area contributed by atoms with Gasteiger partial charge >= 0.3 is 0 Å². The molecule has 68 valence electrons. The SMILES string of the molecule is N#Cc1cc(Br)nc(Br)c1C(F)F. The monoisotopic (exact) mass is 310 g/mol. The van der Waals surface area contributed by atoms with Crippen molar-refractivity contribution in [1.82, 2.24) is 4.98 Å².